The normalized spacial score (nSPS) is 12.7. The molecule has 0 amide bonds. The lowest BCUT2D eigenvalue weighted by molar-refractivity contribution is 0.238. The van der Waals surface area contributed by atoms with Crippen molar-refractivity contribution in [2.24, 2.45) is 4.99 Å². The highest BCUT2D eigenvalue weighted by Gasteiger charge is 2.10. The highest BCUT2D eigenvalue weighted by atomic mass is 127. The summed E-state index contributed by atoms with van der Waals surface area (Å²) < 4.78 is 25.7. The highest BCUT2D eigenvalue weighted by molar-refractivity contribution is 14.0. The van der Waals surface area contributed by atoms with Crippen LogP contribution < -0.4 is 15.4 Å². The Morgan fingerprint density at radius 3 is 2.38 bits per heavy atom. The van der Waals surface area contributed by atoms with Gasteiger partial charge in [0.1, 0.15) is 0 Å². The molecule has 1 unspecified atom stereocenters. The van der Waals surface area contributed by atoms with Crippen molar-refractivity contribution in [1.29, 1.82) is 0 Å². The quantitative estimate of drug-likeness (QED) is 0.217. The lowest BCUT2D eigenvalue weighted by Gasteiger charge is -2.25. The molecule has 0 heterocycles. The van der Waals surface area contributed by atoms with Gasteiger partial charge in [-0.3, -0.25) is 9.62 Å². The largest absolute Gasteiger partial charge is 0.357 e. The van der Waals surface area contributed by atoms with Gasteiger partial charge in [0.05, 0.1) is 18.5 Å². The Hall–Kier alpha value is -1.85. The fourth-order valence-electron chi connectivity index (χ4n) is 3.11. The molecule has 0 saturated carbocycles. The summed E-state index contributed by atoms with van der Waals surface area (Å²) in [7, 11) is -1.20. The summed E-state index contributed by atoms with van der Waals surface area (Å²) >= 11 is 0. The number of anilines is 1. The van der Waals surface area contributed by atoms with Gasteiger partial charge in [0.15, 0.2) is 5.96 Å². The van der Waals surface area contributed by atoms with E-state index in [1.165, 1.54) is 5.56 Å². The van der Waals surface area contributed by atoms with Gasteiger partial charge >= 0.3 is 0 Å². The van der Waals surface area contributed by atoms with Crippen LogP contribution in [0.4, 0.5) is 5.69 Å². The molecule has 0 aromatic heterocycles. The zero-order chi connectivity index (χ0) is 22.7. The summed E-state index contributed by atoms with van der Waals surface area (Å²) in [5.41, 5.74) is 2.68. The second kappa shape index (κ2) is 14.3. The van der Waals surface area contributed by atoms with E-state index in [9.17, 15) is 8.42 Å². The Morgan fingerprint density at radius 1 is 1.06 bits per heavy atom. The molecule has 178 valence electrons. The first-order chi connectivity index (χ1) is 14.8. The third-order valence-corrected chi connectivity index (χ3v) is 5.54. The Morgan fingerprint density at radius 2 is 1.72 bits per heavy atom. The number of hydrogen-bond acceptors (Lipinski definition) is 4. The molecule has 0 aliphatic rings. The van der Waals surface area contributed by atoms with Crippen molar-refractivity contribution in [3.05, 3.63) is 65.7 Å². The van der Waals surface area contributed by atoms with Crippen molar-refractivity contribution in [1.82, 2.24) is 15.5 Å². The summed E-state index contributed by atoms with van der Waals surface area (Å²) in [5.74, 6) is 0.717. The predicted molar refractivity (Wildman–Crippen MR) is 145 cm³/mol. The third kappa shape index (κ3) is 10.6. The van der Waals surface area contributed by atoms with Crippen LogP contribution in [0.15, 0.2) is 59.6 Å². The van der Waals surface area contributed by atoms with Crippen LogP contribution in [0.5, 0.6) is 0 Å². The standard InChI is InChI=1S/C23H35N5O2S.HI/c1-5-24-23(26-17-21-13-9-10-14-22(21)27-31(4,29)30)25-16-15-19(2)28(3)18-20-11-7-6-8-12-20;/h6-14,19,27H,5,15-18H2,1-4H3,(H2,24,25,26);1H. The molecule has 0 saturated heterocycles. The summed E-state index contributed by atoms with van der Waals surface area (Å²) in [6, 6.07) is 18.2. The smallest absolute Gasteiger partial charge is 0.229 e. The van der Waals surface area contributed by atoms with Crippen LogP contribution in [0, 0.1) is 0 Å². The topological polar surface area (TPSA) is 85.8 Å². The van der Waals surface area contributed by atoms with E-state index in [-0.39, 0.29) is 24.0 Å². The average molecular weight is 574 g/mol. The maximum atomic E-state index is 11.6. The zero-order valence-corrected chi connectivity index (χ0v) is 22.5. The average Bonchev–Trinajstić information content (AvgIpc) is 2.72. The van der Waals surface area contributed by atoms with E-state index in [0.717, 1.165) is 43.8 Å². The number of aliphatic imine (C=N–C) groups is 1. The summed E-state index contributed by atoms with van der Waals surface area (Å²) in [6.45, 7) is 7.07. The zero-order valence-electron chi connectivity index (χ0n) is 19.3. The molecule has 2 rings (SSSR count). The van der Waals surface area contributed by atoms with Gasteiger partial charge in [-0.2, -0.15) is 0 Å². The van der Waals surface area contributed by atoms with Gasteiger partial charge in [-0.15, -0.1) is 24.0 Å². The predicted octanol–water partition coefficient (Wildman–Crippen LogP) is 3.64. The molecule has 0 fully saturated rings. The van der Waals surface area contributed by atoms with Crippen molar-refractivity contribution in [2.45, 2.75) is 39.4 Å². The monoisotopic (exact) mass is 573 g/mol. The number of benzene rings is 2. The SMILES string of the molecule is CCNC(=NCc1ccccc1NS(C)(=O)=O)NCCC(C)N(C)Cc1ccccc1.I. The van der Waals surface area contributed by atoms with Crippen LogP contribution in [-0.2, 0) is 23.1 Å². The number of halogens is 1. The van der Waals surface area contributed by atoms with Gasteiger partial charge in [-0.1, -0.05) is 48.5 Å². The van der Waals surface area contributed by atoms with Crippen molar-refractivity contribution < 1.29 is 8.42 Å². The van der Waals surface area contributed by atoms with Gasteiger partial charge in [-0.05, 0) is 44.5 Å². The van der Waals surface area contributed by atoms with Crippen LogP contribution in [0.2, 0.25) is 0 Å². The first kappa shape index (κ1) is 28.2. The molecule has 0 bridgehead atoms. The minimum atomic E-state index is -3.34. The van der Waals surface area contributed by atoms with Gasteiger partial charge in [-0.25, -0.2) is 13.4 Å². The number of nitrogens with one attached hydrogen (secondary N) is 3. The molecule has 9 heteroatoms. The Bertz CT molecular complexity index is 938. The Labute approximate surface area is 210 Å². The van der Waals surface area contributed by atoms with E-state index >= 15 is 0 Å². The number of hydrogen-bond donors (Lipinski definition) is 3. The maximum Gasteiger partial charge on any atom is 0.229 e. The van der Waals surface area contributed by atoms with E-state index in [2.05, 4.69) is 63.5 Å². The molecule has 3 N–H and O–H groups in total. The first-order valence-corrected chi connectivity index (χ1v) is 12.5. The van der Waals surface area contributed by atoms with Gasteiger partial charge in [0.25, 0.3) is 0 Å². The molecule has 0 radical (unpaired) electrons. The molecule has 7 nitrogen and oxygen atoms in total. The summed E-state index contributed by atoms with van der Waals surface area (Å²) in [5, 5.41) is 6.63. The molecule has 2 aromatic rings. The molecular formula is C23H36IN5O2S. The van der Waals surface area contributed by atoms with Crippen molar-refractivity contribution in [2.75, 3.05) is 31.1 Å². The van der Waals surface area contributed by atoms with E-state index in [1.807, 2.05) is 25.1 Å². The molecule has 0 spiro atoms. The van der Waals surface area contributed by atoms with Gasteiger partial charge in [0, 0.05) is 25.7 Å². The Balaban J connectivity index is 0.00000512. The van der Waals surface area contributed by atoms with E-state index < -0.39 is 10.0 Å². The summed E-state index contributed by atoms with van der Waals surface area (Å²) in [4.78, 5) is 6.97. The molecular weight excluding hydrogens is 537 g/mol. The number of rotatable bonds is 11. The van der Waals surface area contributed by atoms with Crippen molar-refractivity contribution >= 4 is 45.6 Å². The highest BCUT2D eigenvalue weighted by Crippen LogP contribution is 2.17. The molecule has 0 aliphatic carbocycles. The van der Waals surface area contributed by atoms with Crippen LogP contribution in [-0.4, -0.2) is 51.7 Å². The van der Waals surface area contributed by atoms with Crippen LogP contribution in [0.3, 0.4) is 0 Å². The Kier molecular flexibility index (Phi) is 12.6. The van der Waals surface area contributed by atoms with Gasteiger partial charge < -0.3 is 10.6 Å². The molecule has 0 aliphatic heterocycles. The second-order valence-electron chi connectivity index (χ2n) is 7.69. The van der Waals surface area contributed by atoms with Crippen LogP contribution in [0.25, 0.3) is 0 Å². The van der Waals surface area contributed by atoms with Crippen molar-refractivity contribution in [3.63, 3.8) is 0 Å². The van der Waals surface area contributed by atoms with E-state index in [4.69, 9.17) is 0 Å². The minimum absolute atomic E-state index is 0. The lowest BCUT2D eigenvalue weighted by Crippen LogP contribution is -2.40. The number of nitrogens with zero attached hydrogens (tertiary/aromatic N) is 2. The molecule has 32 heavy (non-hydrogen) atoms. The van der Waals surface area contributed by atoms with Crippen molar-refractivity contribution in [3.8, 4) is 0 Å². The molecule has 2 aromatic carbocycles. The van der Waals surface area contributed by atoms with Crippen LogP contribution in [0.1, 0.15) is 31.4 Å². The summed E-state index contributed by atoms with van der Waals surface area (Å²) in [6.07, 6.45) is 2.12. The lowest BCUT2D eigenvalue weighted by atomic mass is 10.1. The number of para-hydroxylation sites is 1. The molecule has 1 atom stereocenters. The van der Waals surface area contributed by atoms with E-state index in [0.29, 0.717) is 18.3 Å². The first-order valence-electron chi connectivity index (χ1n) is 10.6. The van der Waals surface area contributed by atoms with Gasteiger partial charge in [0.2, 0.25) is 10.0 Å². The fraction of sp³-hybridized carbons (Fsp3) is 0.435. The second-order valence-corrected chi connectivity index (χ2v) is 9.44. The minimum Gasteiger partial charge on any atom is -0.357 e. The maximum absolute atomic E-state index is 11.6. The van der Waals surface area contributed by atoms with Crippen LogP contribution >= 0.6 is 24.0 Å². The number of sulfonamides is 1. The fourth-order valence-corrected chi connectivity index (χ4v) is 3.71. The third-order valence-electron chi connectivity index (χ3n) is 4.95. The number of guanidine groups is 1. The van der Waals surface area contributed by atoms with E-state index in [1.54, 1.807) is 12.1 Å².